The van der Waals surface area contributed by atoms with E-state index in [0.29, 0.717) is 0 Å². The lowest BCUT2D eigenvalue weighted by Crippen LogP contribution is -2.17. The fourth-order valence-electron chi connectivity index (χ4n) is 1.65. The molecular weight excluding hydrogens is 207 g/mol. The summed E-state index contributed by atoms with van der Waals surface area (Å²) in [6, 6.07) is 8.86. The van der Waals surface area contributed by atoms with Gasteiger partial charge in [-0.05, 0) is 40.1 Å². The van der Waals surface area contributed by atoms with Gasteiger partial charge in [0.2, 0.25) is 0 Å². The molecule has 0 fully saturated rings. The Morgan fingerprint density at radius 2 is 1.67 bits per heavy atom. The van der Waals surface area contributed by atoms with Crippen molar-refractivity contribution in [3.63, 3.8) is 0 Å². The Hall–Kier alpha value is -1.15. The van der Waals surface area contributed by atoms with Crippen LogP contribution in [0, 0.1) is 5.82 Å². The minimum Gasteiger partial charge on any atom is -0.207 e. The van der Waals surface area contributed by atoms with Gasteiger partial charge in [-0.2, -0.15) is 11.3 Å². The van der Waals surface area contributed by atoms with Crippen LogP contribution in [0.2, 0.25) is 0 Å². The van der Waals surface area contributed by atoms with Crippen LogP contribution >= 0.6 is 11.3 Å². The summed E-state index contributed by atoms with van der Waals surface area (Å²) in [7, 11) is 0. The second-order valence-electron chi connectivity index (χ2n) is 4.14. The van der Waals surface area contributed by atoms with Crippen LogP contribution in [0.15, 0.2) is 41.1 Å². The molecule has 0 atom stereocenters. The molecule has 0 bridgehead atoms. The van der Waals surface area contributed by atoms with Crippen molar-refractivity contribution in [3.8, 4) is 0 Å². The Bertz CT molecular complexity index is 426. The van der Waals surface area contributed by atoms with Gasteiger partial charge in [0, 0.05) is 5.41 Å². The van der Waals surface area contributed by atoms with E-state index in [4.69, 9.17) is 0 Å². The molecule has 0 saturated carbocycles. The van der Waals surface area contributed by atoms with E-state index in [2.05, 4.69) is 30.7 Å². The van der Waals surface area contributed by atoms with Crippen LogP contribution in [-0.4, -0.2) is 0 Å². The molecule has 1 aromatic carbocycles. The van der Waals surface area contributed by atoms with E-state index in [0.717, 1.165) is 5.56 Å². The minimum atomic E-state index is -0.181. The SMILES string of the molecule is CC(C)(c1ccc(F)cc1)c1ccsc1. The van der Waals surface area contributed by atoms with E-state index >= 15 is 0 Å². The van der Waals surface area contributed by atoms with E-state index < -0.39 is 0 Å². The molecule has 78 valence electrons. The van der Waals surface area contributed by atoms with E-state index in [9.17, 15) is 4.39 Å². The van der Waals surface area contributed by atoms with Crippen molar-refractivity contribution < 1.29 is 4.39 Å². The molecular formula is C13H13FS. The molecule has 0 aliphatic carbocycles. The molecule has 2 rings (SSSR count). The van der Waals surface area contributed by atoms with E-state index in [1.165, 1.54) is 17.7 Å². The third-order valence-corrected chi connectivity index (χ3v) is 3.49. The fourth-order valence-corrected chi connectivity index (χ4v) is 2.48. The number of benzene rings is 1. The predicted octanol–water partition coefficient (Wildman–Crippen LogP) is 4.21. The van der Waals surface area contributed by atoms with Gasteiger partial charge in [-0.1, -0.05) is 26.0 Å². The van der Waals surface area contributed by atoms with Crippen molar-refractivity contribution in [1.29, 1.82) is 0 Å². The minimum absolute atomic E-state index is 0.0479. The quantitative estimate of drug-likeness (QED) is 0.711. The molecule has 0 unspecified atom stereocenters. The molecule has 0 aliphatic heterocycles. The average Bonchev–Trinajstić information content (AvgIpc) is 2.71. The van der Waals surface area contributed by atoms with Crippen LogP contribution in [0.25, 0.3) is 0 Å². The molecule has 2 heteroatoms. The summed E-state index contributed by atoms with van der Waals surface area (Å²) in [6.45, 7) is 4.31. The van der Waals surface area contributed by atoms with Crippen LogP contribution in [0.1, 0.15) is 25.0 Å². The van der Waals surface area contributed by atoms with Crippen molar-refractivity contribution in [2.75, 3.05) is 0 Å². The maximum Gasteiger partial charge on any atom is 0.123 e. The molecule has 0 aliphatic rings. The molecule has 0 amide bonds. The third kappa shape index (κ3) is 1.95. The van der Waals surface area contributed by atoms with Crippen molar-refractivity contribution in [1.82, 2.24) is 0 Å². The monoisotopic (exact) mass is 220 g/mol. The normalized spacial score (nSPS) is 11.7. The molecule has 0 radical (unpaired) electrons. The van der Waals surface area contributed by atoms with Gasteiger partial charge in [0.05, 0.1) is 0 Å². The zero-order chi connectivity index (χ0) is 10.9. The van der Waals surface area contributed by atoms with E-state index in [1.54, 1.807) is 11.3 Å². The highest BCUT2D eigenvalue weighted by Gasteiger charge is 2.23. The number of thiophene rings is 1. The Labute approximate surface area is 93.4 Å². The van der Waals surface area contributed by atoms with Crippen LogP contribution < -0.4 is 0 Å². The van der Waals surface area contributed by atoms with Crippen molar-refractivity contribution >= 4 is 11.3 Å². The summed E-state index contributed by atoms with van der Waals surface area (Å²) in [6.07, 6.45) is 0. The second-order valence-corrected chi connectivity index (χ2v) is 4.92. The lowest BCUT2D eigenvalue weighted by molar-refractivity contribution is 0.614. The number of hydrogen-bond acceptors (Lipinski definition) is 1. The zero-order valence-electron chi connectivity index (χ0n) is 8.83. The van der Waals surface area contributed by atoms with Crippen LogP contribution in [0.3, 0.4) is 0 Å². The summed E-state index contributed by atoms with van der Waals surface area (Å²) < 4.78 is 12.8. The summed E-state index contributed by atoms with van der Waals surface area (Å²) >= 11 is 1.69. The molecule has 0 nitrogen and oxygen atoms in total. The lowest BCUT2D eigenvalue weighted by Gasteiger charge is -2.24. The molecule has 0 spiro atoms. The largest absolute Gasteiger partial charge is 0.207 e. The maximum atomic E-state index is 12.8. The average molecular weight is 220 g/mol. The third-order valence-electron chi connectivity index (χ3n) is 2.81. The molecule has 0 saturated heterocycles. The van der Waals surface area contributed by atoms with Gasteiger partial charge in [0.25, 0.3) is 0 Å². The smallest absolute Gasteiger partial charge is 0.123 e. The van der Waals surface area contributed by atoms with E-state index in [-0.39, 0.29) is 11.2 Å². The highest BCUT2D eigenvalue weighted by Crippen LogP contribution is 2.32. The summed E-state index contributed by atoms with van der Waals surface area (Å²) in [5.74, 6) is -0.181. The topological polar surface area (TPSA) is 0 Å². The molecule has 0 N–H and O–H groups in total. The van der Waals surface area contributed by atoms with Gasteiger partial charge in [0.15, 0.2) is 0 Å². The van der Waals surface area contributed by atoms with Crippen LogP contribution in [-0.2, 0) is 5.41 Å². The Morgan fingerprint density at radius 3 is 2.20 bits per heavy atom. The second kappa shape index (κ2) is 3.78. The van der Waals surface area contributed by atoms with Gasteiger partial charge in [-0.3, -0.25) is 0 Å². The van der Waals surface area contributed by atoms with Gasteiger partial charge < -0.3 is 0 Å². The number of rotatable bonds is 2. The Morgan fingerprint density at radius 1 is 1.00 bits per heavy atom. The summed E-state index contributed by atoms with van der Waals surface area (Å²) in [5.41, 5.74) is 2.37. The zero-order valence-corrected chi connectivity index (χ0v) is 9.64. The Balaban J connectivity index is 2.41. The Kier molecular flexibility index (Phi) is 2.61. The molecule has 15 heavy (non-hydrogen) atoms. The lowest BCUT2D eigenvalue weighted by atomic mass is 9.79. The van der Waals surface area contributed by atoms with Crippen LogP contribution in [0.4, 0.5) is 4.39 Å². The first-order chi connectivity index (χ1) is 7.10. The first-order valence-corrected chi connectivity index (χ1v) is 5.84. The number of halogens is 1. The number of hydrogen-bond donors (Lipinski definition) is 0. The van der Waals surface area contributed by atoms with Crippen LogP contribution in [0.5, 0.6) is 0 Å². The standard InChI is InChI=1S/C13H13FS/c1-13(2,11-7-8-15-9-11)10-3-5-12(14)6-4-10/h3-9H,1-2H3. The van der Waals surface area contributed by atoms with E-state index in [1.807, 2.05) is 12.1 Å². The van der Waals surface area contributed by atoms with Gasteiger partial charge in [0.1, 0.15) is 5.82 Å². The highest BCUT2D eigenvalue weighted by molar-refractivity contribution is 7.08. The molecule has 1 heterocycles. The summed E-state index contributed by atoms with van der Waals surface area (Å²) in [4.78, 5) is 0. The first-order valence-electron chi connectivity index (χ1n) is 4.89. The molecule has 2 aromatic rings. The summed E-state index contributed by atoms with van der Waals surface area (Å²) in [5, 5.41) is 4.21. The van der Waals surface area contributed by atoms with Crippen molar-refractivity contribution in [2.24, 2.45) is 0 Å². The van der Waals surface area contributed by atoms with Crippen molar-refractivity contribution in [3.05, 3.63) is 58.0 Å². The van der Waals surface area contributed by atoms with Gasteiger partial charge in [-0.25, -0.2) is 4.39 Å². The predicted molar refractivity (Wildman–Crippen MR) is 62.8 cm³/mol. The molecule has 1 aromatic heterocycles. The highest BCUT2D eigenvalue weighted by atomic mass is 32.1. The van der Waals surface area contributed by atoms with Gasteiger partial charge >= 0.3 is 0 Å². The van der Waals surface area contributed by atoms with Crippen molar-refractivity contribution in [2.45, 2.75) is 19.3 Å². The fraction of sp³-hybridized carbons (Fsp3) is 0.231. The maximum absolute atomic E-state index is 12.8. The van der Waals surface area contributed by atoms with Gasteiger partial charge in [-0.15, -0.1) is 0 Å². The first kappa shape index (κ1) is 10.4.